The van der Waals surface area contributed by atoms with E-state index in [-0.39, 0.29) is 17.8 Å². The Bertz CT molecular complexity index is 1030. The fourth-order valence-electron chi connectivity index (χ4n) is 4.43. The number of likely N-dealkylation sites (N-methyl/N-ethyl adjacent to an activating group) is 1. The molecule has 32 heavy (non-hydrogen) atoms. The van der Waals surface area contributed by atoms with Crippen molar-refractivity contribution >= 4 is 11.6 Å². The number of aryl methyl sites for hydroxylation is 1. The Morgan fingerprint density at radius 2 is 1.56 bits per heavy atom. The average molecular weight is 432 g/mol. The van der Waals surface area contributed by atoms with Crippen LogP contribution in [-0.4, -0.2) is 55.5 Å². The van der Waals surface area contributed by atoms with Gasteiger partial charge in [-0.3, -0.25) is 9.69 Å². The summed E-state index contributed by atoms with van der Waals surface area (Å²) >= 11 is 0. The predicted molar refractivity (Wildman–Crippen MR) is 127 cm³/mol. The van der Waals surface area contributed by atoms with E-state index in [9.17, 15) is 9.18 Å². The van der Waals surface area contributed by atoms with Crippen LogP contribution < -0.4 is 4.90 Å². The van der Waals surface area contributed by atoms with E-state index in [1.807, 2.05) is 30.1 Å². The van der Waals surface area contributed by atoms with Crippen LogP contribution in [0.25, 0.3) is 0 Å². The topological polar surface area (TPSA) is 26.8 Å². The normalized spacial score (nSPS) is 15.1. The first-order valence-corrected chi connectivity index (χ1v) is 11.1. The molecule has 3 aromatic carbocycles. The first kappa shape index (κ1) is 22.0. The van der Waals surface area contributed by atoms with Crippen molar-refractivity contribution in [2.75, 3.05) is 44.7 Å². The number of anilines is 1. The van der Waals surface area contributed by atoms with Gasteiger partial charge in [-0.1, -0.05) is 54.6 Å². The molecular formula is C27H30FN3O. The van der Waals surface area contributed by atoms with Crippen molar-refractivity contribution in [3.63, 3.8) is 0 Å². The third-order valence-corrected chi connectivity index (χ3v) is 6.13. The van der Waals surface area contributed by atoms with E-state index >= 15 is 0 Å². The lowest BCUT2D eigenvalue weighted by molar-refractivity contribution is -0.132. The Morgan fingerprint density at radius 1 is 0.906 bits per heavy atom. The molecule has 0 saturated carbocycles. The van der Waals surface area contributed by atoms with Crippen LogP contribution in [0.5, 0.6) is 0 Å². The van der Waals surface area contributed by atoms with Crippen molar-refractivity contribution < 1.29 is 9.18 Å². The summed E-state index contributed by atoms with van der Waals surface area (Å²) in [4.78, 5) is 19.5. The van der Waals surface area contributed by atoms with Gasteiger partial charge in [-0.25, -0.2) is 4.39 Å². The third kappa shape index (κ3) is 5.17. The molecule has 4 rings (SSSR count). The molecule has 0 aromatic heterocycles. The summed E-state index contributed by atoms with van der Waals surface area (Å²) in [6, 6.07) is 25.0. The van der Waals surface area contributed by atoms with Crippen molar-refractivity contribution in [1.82, 2.24) is 9.80 Å². The van der Waals surface area contributed by atoms with E-state index in [0.717, 1.165) is 24.2 Å². The molecule has 1 saturated heterocycles. The molecular weight excluding hydrogens is 401 g/mol. The van der Waals surface area contributed by atoms with Gasteiger partial charge in [-0.2, -0.15) is 0 Å². The highest BCUT2D eigenvalue weighted by atomic mass is 19.1. The molecule has 1 fully saturated rings. The lowest BCUT2D eigenvalue weighted by atomic mass is 9.97. The number of carbonyl (C=O) groups excluding carboxylic acids is 1. The lowest BCUT2D eigenvalue weighted by Crippen LogP contribution is -2.51. The molecule has 0 radical (unpaired) electrons. The molecule has 1 atom stereocenters. The van der Waals surface area contributed by atoms with Gasteiger partial charge in [0, 0.05) is 31.9 Å². The fraction of sp³-hybridized carbons (Fsp3) is 0.296. The maximum Gasteiger partial charge on any atom is 0.236 e. The molecule has 0 spiro atoms. The number of rotatable bonds is 6. The summed E-state index contributed by atoms with van der Waals surface area (Å²) in [5, 5.41) is 0. The minimum absolute atomic E-state index is 0.116. The summed E-state index contributed by atoms with van der Waals surface area (Å²) in [6.07, 6.45) is 0. The quantitative estimate of drug-likeness (QED) is 0.575. The van der Waals surface area contributed by atoms with Gasteiger partial charge in [-0.05, 0) is 54.9 Å². The predicted octanol–water partition coefficient (Wildman–Crippen LogP) is 4.50. The Hall–Kier alpha value is -3.18. The Balaban J connectivity index is 1.42. The molecule has 3 aromatic rings. The first-order chi connectivity index (χ1) is 15.5. The van der Waals surface area contributed by atoms with Crippen molar-refractivity contribution in [1.29, 1.82) is 0 Å². The molecule has 4 nitrogen and oxygen atoms in total. The summed E-state index contributed by atoms with van der Waals surface area (Å²) in [7, 11) is 1.96. The standard InChI is InChI=1S/C27H30FN3O/c1-21-7-6-10-25(19-21)30-15-17-31(18-16-30)26(32)20-29(2)27(22-8-4-3-5-9-22)23-11-13-24(28)14-12-23/h3-14,19,27H,15-18,20H2,1-2H3. The Labute approximate surface area is 189 Å². The number of halogens is 1. The number of benzene rings is 3. The molecule has 1 heterocycles. The van der Waals surface area contributed by atoms with E-state index in [0.29, 0.717) is 19.6 Å². The van der Waals surface area contributed by atoms with Crippen LogP contribution in [0.4, 0.5) is 10.1 Å². The van der Waals surface area contributed by atoms with E-state index in [1.54, 1.807) is 12.1 Å². The number of nitrogens with zero attached hydrogens (tertiary/aromatic N) is 3. The monoisotopic (exact) mass is 431 g/mol. The van der Waals surface area contributed by atoms with Gasteiger partial charge in [0.15, 0.2) is 0 Å². The molecule has 0 aliphatic carbocycles. The molecule has 0 bridgehead atoms. The third-order valence-electron chi connectivity index (χ3n) is 6.13. The summed E-state index contributed by atoms with van der Waals surface area (Å²) in [5.41, 5.74) is 4.51. The van der Waals surface area contributed by atoms with Crippen molar-refractivity contribution in [3.8, 4) is 0 Å². The summed E-state index contributed by atoms with van der Waals surface area (Å²) < 4.78 is 13.5. The molecule has 166 valence electrons. The maximum atomic E-state index is 13.5. The van der Waals surface area contributed by atoms with Crippen LogP contribution in [0.3, 0.4) is 0 Å². The maximum absolute atomic E-state index is 13.5. The molecule has 1 aliphatic rings. The number of amides is 1. The molecule has 1 amide bonds. The Morgan fingerprint density at radius 3 is 2.22 bits per heavy atom. The molecule has 1 unspecified atom stereocenters. The van der Waals surface area contributed by atoms with Crippen LogP contribution in [-0.2, 0) is 4.79 Å². The second-order valence-corrected chi connectivity index (χ2v) is 8.49. The smallest absolute Gasteiger partial charge is 0.236 e. The average Bonchev–Trinajstić information content (AvgIpc) is 2.81. The van der Waals surface area contributed by atoms with Crippen LogP contribution in [0.15, 0.2) is 78.9 Å². The highest BCUT2D eigenvalue weighted by Gasteiger charge is 2.26. The van der Waals surface area contributed by atoms with Gasteiger partial charge in [0.05, 0.1) is 12.6 Å². The fourth-order valence-corrected chi connectivity index (χ4v) is 4.43. The lowest BCUT2D eigenvalue weighted by Gasteiger charge is -2.37. The van der Waals surface area contributed by atoms with Gasteiger partial charge in [0.2, 0.25) is 5.91 Å². The largest absolute Gasteiger partial charge is 0.368 e. The van der Waals surface area contributed by atoms with Gasteiger partial charge >= 0.3 is 0 Å². The van der Waals surface area contributed by atoms with Crippen molar-refractivity contribution in [2.45, 2.75) is 13.0 Å². The van der Waals surface area contributed by atoms with Gasteiger partial charge in [0.25, 0.3) is 0 Å². The zero-order valence-corrected chi connectivity index (χ0v) is 18.7. The number of carbonyl (C=O) groups is 1. The van der Waals surface area contributed by atoms with E-state index < -0.39 is 0 Å². The second kappa shape index (κ2) is 9.96. The highest BCUT2D eigenvalue weighted by Crippen LogP contribution is 2.28. The van der Waals surface area contributed by atoms with E-state index in [2.05, 4.69) is 53.1 Å². The van der Waals surface area contributed by atoms with Crippen molar-refractivity contribution in [2.24, 2.45) is 0 Å². The zero-order valence-electron chi connectivity index (χ0n) is 18.7. The highest BCUT2D eigenvalue weighted by molar-refractivity contribution is 5.78. The molecule has 1 aliphatic heterocycles. The van der Waals surface area contributed by atoms with Gasteiger partial charge in [-0.15, -0.1) is 0 Å². The summed E-state index contributed by atoms with van der Waals surface area (Å²) in [6.45, 7) is 5.50. The van der Waals surface area contributed by atoms with Crippen LogP contribution >= 0.6 is 0 Å². The summed E-state index contributed by atoms with van der Waals surface area (Å²) in [5.74, 6) is -0.134. The van der Waals surface area contributed by atoms with Crippen LogP contribution in [0.1, 0.15) is 22.7 Å². The van der Waals surface area contributed by atoms with Crippen molar-refractivity contribution in [3.05, 3.63) is 101 Å². The van der Waals surface area contributed by atoms with E-state index in [4.69, 9.17) is 0 Å². The van der Waals surface area contributed by atoms with Gasteiger partial charge in [0.1, 0.15) is 5.82 Å². The zero-order chi connectivity index (χ0) is 22.5. The SMILES string of the molecule is Cc1cccc(N2CCN(C(=O)CN(C)C(c3ccccc3)c3ccc(F)cc3)CC2)c1. The molecule has 5 heteroatoms. The number of hydrogen-bond donors (Lipinski definition) is 0. The second-order valence-electron chi connectivity index (χ2n) is 8.49. The van der Waals surface area contributed by atoms with E-state index in [1.165, 1.54) is 23.4 Å². The number of hydrogen-bond acceptors (Lipinski definition) is 3. The van der Waals surface area contributed by atoms with Crippen LogP contribution in [0, 0.1) is 12.7 Å². The minimum atomic E-state index is -0.259. The minimum Gasteiger partial charge on any atom is -0.368 e. The number of piperazine rings is 1. The molecule has 0 N–H and O–H groups in total. The Kier molecular flexibility index (Phi) is 6.86. The first-order valence-electron chi connectivity index (χ1n) is 11.1. The van der Waals surface area contributed by atoms with Crippen LogP contribution in [0.2, 0.25) is 0 Å². The van der Waals surface area contributed by atoms with Gasteiger partial charge < -0.3 is 9.80 Å².